The summed E-state index contributed by atoms with van der Waals surface area (Å²) in [5, 5.41) is 2.88. The van der Waals surface area contributed by atoms with Gasteiger partial charge in [0, 0.05) is 6.54 Å². The Balaban J connectivity index is 1.76. The number of carbonyl (C=O) groups excluding carboxylic acids is 1. The van der Waals surface area contributed by atoms with E-state index in [0.717, 1.165) is 11.1 Å². The fraction of sp³-hybridized carbons (Fsp3) is 0.211. The molecular weight excluding hydrogens is 302 g/mol. The molecule has 0 atom stereocenters. The first-order valence-electron chi connectivity index (χ1n) is 7.82. The van der Waals surface area contributed by atoms with Gasteiger partial charge in [0.05, 0.1) is 17.2 Å². The van der Waals surface area contributed by atoms with Crippen molar-refractivity contribution in [3.05, 3.63) is 75.7 Å². The van der Waals surface area contributed by atoms with Gasteiger partial charge < -0.3 is 5.32 Å². The zero-order valence-electron chi connectivity index (χ0n) is 13.7. The summed E-state index contributed by atoms with van der Waals surface area (Å²) in [6, 6.07) is 13.4. The first-order valence-corrected chi connectivity index (χ1v) is 7.82. The summed E-state index contributed by atoms with van der Waals surface area (Å²) in [4.78, 5) is 28.4. The molecular formula is C19H19N3O2. The van der Waals surface area contributed by atoms with Crippen LogP contribution in [0.2, 0.25) is 0 Å². The maximum Gasteiger partial charge on any atom is 0.269 e. The lowest BCUT2D eigenvalue weighted by molar-refractivity contribution is -0.121. The third-order valence-electron chi connectivity index (χ3n) is 4.03. The second-order valence-corrected chi connectivity index (χ2v) is 5.88. The number of hydrogen-bond donors (Lipinski definition) is 1. The quantitative estimate of drug-likeness (QED) is 0.802. The number of aromatic nitrogens is 2. The second-order valence-electron chi connectivity index (χ2n) is 5.88. The summed E-state index contributed by atoms with van der Waals surface area (Å²) in [6.45, 7) is 4.49. The number of aryl methyl sites for hydroxylation is 2. The monoisotopic (exact) mass is 321 g/mol. The molecule has 122 valence electrons. The largest absolute Gasteiger partial charge is 0.350 e. The molecule has 0 fully saturated rings. The lowest BCUT2D eigenvalue weighted by Crippen LogP contribution is -2.32. The van der Waals surface area contributed by atoms with E-state index in [1.54, 1.807) is 6.07 Å². The minimum Gasteiger partial charge on any atom is -0.350 e. The van der Waals surface area contributed by atoms with Gasteiger partial charge in [0.25, 0.3) is 5.56 Å². The molecule has 0 aliphatic heterocycles. The van der Waals surface area contributed by atoms with Crippen molar-refractivity contribution in [1.82, 2.24) is 14.9 Å². The van der Waals surface area contributed by atoms with E-state index in [9.17, 15) is 9.59 Å². The average molecular weight is 321 g/mol. The van der Waals surface area contributed by atoms with Crippen LogP contribution in [0.5, 0.6) is 0 Å². The van der Waals surface area contributed by atoms with Crippen LogP contribution in [0.15, 0.2) is 53.5 Å². The van der Waals surface area contributed by atoms with E-state index in [2.05, 4.69) is 16.4 Å². The molecule has 1 heterocycles. The van der Waals surface area contributed by atoms with Crippen molar-refractivity contribution < 1.29 is 4.79 Å². The zero-order chi connectivity index (χ0) is 17.1. The van der Waals surface area contributed by atoms with Gasteiger partial charge >= 0.3 is 0 Å². The highest BCUT2D eigenvalue weighted by Crippen LogP contribution is 2.10. The molecule has 24 heavy (non-hydrogen) atoms. The van der Waals surface area contributed by atoms with Gasteiger partial charge in [0.2, 0.25) is 5.91 Å². The van der Waals surface area contributed by atoms with Gasteiger partial charge in [-0.3, -0.25) is 14.2 Å². The van der Waals surface area contributed by atoms with Gasteiger partial charge in [-0.15, -0.1) is 0 Å². The Hall–Kier alpha value is -2.95. The third-order valence-corrected chi connectivity index (χ3v) is 4.03. The molecule has 2 aromatic carbocycles. The molecule has 1 aromatic heterocycles. The van der Waals surface area contributed by atoms with E-state index in [0.29, 0.717) is 17.6 Å². The number of benzene rings is 2. The van der Waals surface area contributed by atoms with Crippen LogP contribution in [0, 0.1) is 13.8 Å². The van der Waals surface area contributed by atoms with Gasteiger partial charge in [-0.1, -0.05) is 35.9 Å². The SMILES string of the molecule is Cc1ccc(CNC(=O)Cn2c(=O)cnc3ccccc32)c(C)c1. The van der Waals surface area contributed by atoms with Crippen molar-refractivity contribution in [2.24, 2.45) is 0 Å². The number of para-hydroxylation sites is 2. The smallest absolute Gasteiger partial charge is 0.269 e. The zero-order valence-corrected chi connectivity index (χ0v) is 13.7. The highest BCUT2D eigenvalue weighted by Gasteiger charge is 2.09. The van der Waals surface area contributed by atoms with Crippen molar-refractivity contribution in [3.8, 4) is 0 Å². The Labute approximate surface area is 140 Å². The number of amides is 1. The number of carbonyl (C=O) groups is 1. The maximum atomic E-state index is 12.3. The summed E-state index contributed by atoms with van der Waals surface area (Å²) < 4.78 is 1.44. The van der Waals surface area contributed by atoms with E-state index < -0.39 is 0 Å². The molecule has 0 spiro atoms. The molecule has 1 N–H and O–H groups in total. The van der Waals surface area contributed by atoms with E-state index in [1.165, 1.54) is 16.3 Å². The van der Waals surface area contributed by atoms with Crippen LogP contribution in [0.25, 0.3) is 11.0 Å². The summed E-state index contributed by atoms with van der Waals surface area (Å²) in [5.74, 6) is -0.201. The molecule has 0 saturated heterocycles. The highest BCUT2D eigenvalue weighted by molar-refractivity contribution is 5.79. The normalized spacial score (nSPS) is 10.8. The summed E-state index contributed by atoms with van der Waals surface area (Å²) in [6.07, 6.45) is 1.25. The Kier molecular flexibility index (Phi) is 4.42. The van der Waals surface area contributed by atoms with Gasteiger partial charge in [0.15, 0.2) is 0 Å². The summed E-state index contributed by atoms with van der Waals surface area (Å²) in [7, 11) is 0. The molecule has 3 rings (SSSR count). The van der Waals surface area contributed by atoms with Crippen LogP contribution in [-0.2, 0) is 17.9 Å². The lowest BCUT2D eigenvalue weighted by Gasteiger charge is -2.11. The predicted octanol–water partition coefficient (Wildman–Crippen LogP) is 2.33. The molecule has 5 heteroatoms. The molecule has 0 radical (unpaired) electrons. The van der Waals surface area contributed by atoms with Crippen LogP contribution < -0.4 is 10.9 Å². The fourth-order valence-electron chi connectivity index (χ4n) is 2.72. The Morgan fingerprint density at radius 2 is 1.96 bits per heavy atom. The summed E-state index contributed by atoms with van der Waals surface area (Å²) >= 11 is 0. The number of fused-ring (bicyclic) bond motifs is 1. The van der Waals surface area contributed by atoms with Crippen molar-refractivity contribution in [3.63, 3.8) is 0 Å². The fourth-order valence-corrected chi connectivity index (χ4v) is 2.72. The number of nitrogens with zero attached hydrogens (tertiary/aromatic N) is 2. The van der Waals surface area contributed by atoms with E-state index in [4.69, 9.17) is 0 Å². The highest BCUT2D eigenvalue weighted by atomic mass is 16.2. The minimum atomic E-state index is -0.282. The van der Waals surface area contributed by atoms with Crippen LogP contribution in [-0.4, -0.2) is 15.5 Å². The second kappa shape index (κ2) is 6.66. The van der Waals surface area contributed by atoms with Gasteiger partial charge in [-0.05, 0) is 37.1 Å². The summed E-state index contributed by atoms with van der Waals surface area (Å²) in [5.41, 5.74) is 4.47. The number of rotatable bonds is 4. The molecule has 0 aliphatic rings. The van der Waals surface area contributed by atoms with E-state index in [-0.39, 0.29) is 18.0 Å². The predicted molar refractivity (Wildman–Crippen MR) is 93.8 cm³/mol. The van der Waals surface area contributed by atoms with Crippen LogP contribution in [0.3, 0.4) is 0 Å². The van der Waals surface area contributed by atoms with E-state index >= 15 is 0 Å². The topological polar surface area (TPSA) is 64.0 Å². The van der Waals surface area contributed by atoms with Gasteiger partial charge in [0.1, 0.15) is 6.54 Å². The maximum absolute atomic E-state index is 12.3. The first kappa shape index (κ1) is 15.9. The molecule has 5 nitrogen and oxygen atoms in total. The van der Waals surface area contributed by atoms with Crippen molar-refractivity contribution in [1.29, 1.82) is 0 Å². The minimum absolute atomic E-state index is 0.0211. The first-order chi connectivity index (χ1) is 11.5. The Morgan fingerprint density at radius 1 is 1.17 bits per heavy atom. The van der Waals surface area contributed by atoms with E-state index in [1.807, 2.05) is 44.2 Å². The van der Waals surface area contributed by atoms with Gasteiger partial charge in [-0.2, -0.15) is 0 Å². The molecule has 1 amide bonds. The van der Waals surface area contributed by atoms with Crippen LogP contribution in [0.4, 0.5) is 0 Å². The Bertz CT molecular complexity index is 960. The molecule has 3 aromatic rings. The third kappa shape index (κ3) is 3.35. The molecule has 0 unspecified atom stereocenters. The van der Waals surface area contributed by atoms with Crippen LogP contribution >= 0.6 is 0 Å². The number of hydrogen-bond acceptors (Lipinski definition) is 3. The number of nitrogens with one attached hydrogen (secondary N) is 1. The lowest BCUT2D eigenvalue weighted by atomic mass is 10.1. The molecule has 0 aliphatic carbocycles. The molecule has 0 bridgehead atoms. The average Bonchev–Trinajstić information content (AvgIpc) is 2.57. The molecule has 0 saturated carbocycles. The van der Waals surface area contributed by atoms with Crippen molar-refractivity contribution in [2.75, 3.05) is 0 Å². The standard InChI is InChI=1S/C19H19N3O2/c1-13-7-8-15(14(2)9-13)10-21-18(23)12-22-17-6-4-3-5-16(17)20-11-19(22)24/h3-9,11H,10,12H2,1-2H3,(H,21,23). The van der Waals surface area contributed by atoms with Gasteiger partial charge in [-0.25, -0.2) is 4.98 Å². The Morgan fingerprint density at radius 3 is 2.75 bits per heavy atom. The van der Waals surface area contributed by atoms with Crippen LogP contribution in [0.1, 0.15) is 16.7 Å². The van der Waals surface area contributed by atoms with Crippen molar-refractivity contribution in [2.45, 2.75) is 26.9 Å². The van der Waals surface area contributed by atoms with Crippen molar-refractivity contribution >= 4 is 16.9 Å².